The highest BCUT2D eigenvalue weighted by atomic mass is 35.7. The number of hydrogen-bond donors (Lipinski definition) is 0. The summed E-state index contributed by atoms with van der Waals surface area (Å²) in [6, 6.07) is 5.07. The number of fused-ring (bicyclic) bond motifs is 1. The molecule has 0 radical (unpaired) electrons. The summed E-state index contributed by atoms with van der Waals surface area (Å²) in [6.45, 7) is 1.88. The Balaban J connectivity index is 2.92. The highest BCUT2D eigenvalue weighted by Crippen LogP contribution is 2.26. The summed E-state index contributed by atoms with van der Waals surface area (Å²) in [5.41, 5.74) is 0.427. The van der Waals surface area contributed by atoms with Crippen molar-refractivity contribution in [3.8, 4) is 5.88 Å². The first-order chi connectivity index (χ1) is 7.99. The Bertz CT molecular complexity index is 663. The van der Waals surface area contributed by atoms with E-state index in [0.717, 1.165) is 0 Å². The smallest absolute Gasteiger partial charge is 0.280 e. The first-order valence-corrected chi connectivity index (χ1v) is 7.29. The monoisotopic (exact) mass is 274 g/mol. The number of pyridine rings is 1. The van der Waals surface area contributed by atoms with Crippen LogP contribution in [0.5, 0.6) is 5.88 Å². The molecule has 7 heteroatoms. The van der Waals surface area contributed by atoms with Gasteiger partial charge in [0.05, 0.1) is 12.6 Å². The third-order valence-corrected chi connectivity index (χ3v) is 3.62. The highest BCUT2D eigenvalue weighted by Gasteiger charge is 2.21. The second-order valence-corrected chi connectivity index (χ2v) is 5.89. The molecule has 5 nitrogen and oxygen atoms in total. The van der Waals surface area contributed by atoms with E-state index in [1.807, 2.05) is 6.92 Å². The first-order valence-electron chi connectivity index (χ1n) is 4.98. The Hall–Kier alpha value is -1.27. The van der Waals surface area contributed by atoms with Crippen molar-refractivity contribution < 1.29 is 13.2 Å². The number of hydrogen-bond acceptors (Lipinski definition) is 4. The van der Waals surface area contributed by atoms with E-state index < -0.39 is 9.05 Å². The third kappa shape index (κ3) is 1.98. The van der Waals surface area contributed by atoms with Crippen molar-refractivity contribution in [2.45, 2.75) is 18.4 Å². The van der Waals surface area contributed by atoms with Crippen molar-refractivity contribution in [3.63, 3.8) is 0 Å². The van der Waals surface area contributed by atoms with Crippen molar-refractivity contribution in [3.05, 3.63) is 24.0 Å². The Kier molecular flexibility index (Phi) is 3.01. The van der Waals surface area contributed by atoms with Crippen LogP contribution in [0.25, 0.3) is 5.52 Å². The molecular formula is C10H11ClN2O3S. The lowest BCUT2D eigenvalue weighted by Crippen LogP contribution is -1.97. The van der Waals surface area contributed by atoms with Crippen LogP contribution in [0.2, 0.25) is 0 Å². The summed E-state index contributed by atoms with van der Waals surface area (Å²) >= 11 is 0. The summed E-state index contributed by atoms with van der Waals surface area (Å²) in [4.78, 5) is 4.05. The number of aromatic nitrogens is 2. The summed E-state index contributed by atoms with van der Waals surface area (Å²) < 4.78 is 29.7. The average molecular weight is 275 g/mol. The molecule has 0 aromatic carbocycles. The molecular weight excluding hydrogens is 264 g/mol. The van der Waals surface area contributed by atoms with E-state index in [1.165, 1.54) is 7.11 Å². The van der Waals surface area contributed by atoms with Crippen molar-refractivity contribution in [2.75, 3.05) is 7.11 Å². The van der Waals surface area contributed by atoms with Gasteiger partial charge in [-0.05, 0) is 12.1 Å². The van der Waals surface area contributed by atoms with Crippen LogP contribution in [-0.2, 0) is 15.5 Å². The molecule has 0 bridgehead atoms. The lowest BCUT2D eigenvalue weighted by Gasteiger charge is -2.05. The fourth-order valence-electron chi connectivity index (χ4n) is 1.72. The molecule has 0 aliphatic carbocycles. The average Bonchev–Trinajstić information content (AvgIpc) is 2.67. The van der Waals surface area contributed by atoms with Crippen LogP contribution in [0, 0.1) is 0 Å². The zero-order valence-corrected chi connectivity index (χ0v) is 10.9. The van der Waals surface area contributed by atoms with E-state index in [1.54, 1.807) is 22.6 Å². The lowest BCUT2D eigenvalue weighted by atomic mass is 10.4. The zero-order valence-electron chi connectivity index (χ0n) is 9.34. The van der Waals surface area contributed by atoms with E-state index >= 15 is 0 Å². The Morgan fingerprint density at radius 1 is 1.47 bits per heavy atom. The van der Waals surface area contributed by atoms with E-state index in [9.17, 15) is 8.42 Å². The minimum atomic E-state index is -3.86. The molecule has 17 heavy (non-hydrogen) atoms. The molecule has 0 aliphatic rings. The van der Waals surface area contributed by atoms with Gasteiger partial charge in [-0.2, -0.15) is 0 Å². The van der Waals surface area contributed by atoms with Gasteiger partial charge in [-0.25, -0.2) is 13.4 Å². The van der Waals surface area contributed by atoms with E-state index in [2.05, 4.69) is 4.98 Å². The third-order valence-electron chi connectivity index (χ3n) is 2.42. The van der Waals surface area contributed by atoms with Gasteiger partial charge in [-0.15, -0.1) is 0 Å². The van der Waals surface area contributed by atoms with Crippen LogP contribution < -0.4 is 4.74 Å². The molecule has 2 rings (SSSR count). The molecule has 92 valence electrons. The molecule has 2 aromatic rings. The molecule has 0 N–H and O–H groups in total. The van der Waals surface area contributed by atoms with Crippen LogP contribution in [0.4, 0.5) is 0 Å². The topological polar surface area (TPSA) is 60.7 Å². The van der Waals surface area contributed by atoms with Gasteiger partial charge in [0.15, 0.2) is 10.9 Å². The van der Waals surface area contributed by atoms with Crippen LogP contribution >= 0.6 is 10.7 Å². The van der Waals surface area contributed by atoms with Crippen molar-refractivity contribution in [1.82, 2.24) is 9.38 Å². The Morgan fingerprint density at radius 3 is 2.71 bits per heavy atom. The lowest BCUT2D eigenvalue weighted by molar-refractivity contribution is 0.390. The standard InChI is InChI=1S/C10H11ClN2O3S/c1-3-8-12-10(17(11,14)15)7-5-4-6-9(16-2)13(7)8/h4-6H,3H2,1-2H3. The van der Waals surface area contributed by atoms with Gasteiger partial charge >= 0.3 is 0 Å². The molecule has 0 spiro atoms. The zero-order chi connectivity index (χ0) is 12.6. The fourth-order valence-corrected chi connectivity index (χ4v) is 2.69. The van der Waals surface area contributed by atoms with Gasteiger partial charge in [0.1, 0.15) is 5.82 Å². The predicted molar refractivity (Wildman–Crippen MR) is 64.2 cm³/mol. The minimum Gasteiger partial charge on any atom is -0.482 e. The number of nitrogens with zero attached hydrogens (tertiary/aromatic N) is 2. The molecule has 0 amide bonds. The van der Waals surface area contributed by atoms with Crippen LogP contribution in [-0.4, -0.2) is 24.9 Å². The summed E-state index contributed by atoms with van der Waals surface area (Å²) in [7, 11) is 3.02. The number of imidazole rings is 1. The molecule has 0 atom stereocenters. The van der Waals surface area contributed by atoms with Gasteiger partial charge in [-0.1, -0.05) is 13.0 Å². The fraction of sp³-hybridized carbons (Fsp3) is 0.300. The predicted octanol–water partition coefficient (Wildman–Crippen LogP) is 1.83. The number of halogens is 1. The van der Waals surface area contributed by atoms with Crippen LogP contribution in [0.3, 0.4) is 0 Å². The van der Waals surface area contributed by atoms with Crippen LogP contribution in [0.15, 0.2) is 23.2 Å². The number of rotatable bonds is 3. The molecule has 0 fully saturated rings. The quantitative estimate of drug-likeness (QED) is 0.801. The van der Waals surface area contributed by atoms with Gasteiger partial charge in [-0.3, -0.25) is 4.40 Å². The maximum Gasteiger partial charge on any atom is 0.280 e. The molecule has 2 heterocycles. The van der Waals surface area contributed by atoms with Crippen LogP contribution in [0.1, 0.15) is 12.7 Å². The van der Waals surface area contributed by atoms with Gasteiger partial charge < -0.3 is 4.74 Å². The van der Waals surface area contributed by atoms with Gasteiger partial charge in [0.2, 0.25) is 0 Å². The van der Waals surface area contributed by atoms with E-state index in [0.29, 0.717) is 23.6 Å². The Labute approximate surface area is 103 Å². The second-order valence-electron chi connectivity index (χ2n) is 3.41. The van der Waals surface area contributed by atoms with Crippen molar-refractivity contribution in [2.24, 2.45) is 0 Å². The van der Waals surface area contributed by atoms with E-state index in [4.69, 9.17) is 15.4 Å². The molecule has 0 unspecified atom stereocenters. The molecule has 0 saturated heterocycles. The number of aryl methyl sites for hydroxylation is 1. The van der Waals surface area contributed by atoms with Gasteiger partial charge in [0.25, 0.3) is 9.05 Å². The Morgan fingerprint density at radius 2 is 2.18 bits per heavy atom. The normalized spacial score (nSPS) is 11.9. The summed E-state index contributed by atoms with van der Waals surface area (Å²) in [6.07, 6.45) is 0.577. The first kappa shape index (κ1) is 12.2. The van der Waals surface area contributed by atoms with Crippen molar-refractivity contribution >= 4 is 25.2 Å². The molecule has 0 aliphatic heterocycles. The SMILES string of the molecule is CCc1nc(S(=O)(=O)Cl)c2cccc(OC)n12. The summed E-state index contributed by atoms with van der Waals surface area (Å²) in [5, 5.41) is -0.130. The highest BCUT2D eigenvalue weighted by molar-refractivity contribution is 8.13. The maximum atomic E-state index is 11.4. The molecule has 0 saturated carbocycles. The van der Waals surface area contributed by atoms with Gasteiger partial charge in [0, 0.05) is 17.1 Å². The number of ether oxygens (including phenoxy) is 1. The maximum absolute atomic E-state index is 11.4. The van der Waals surface area contributed by atoms with E-state index in [-0.39, 0.29) is 5.03 Å². The summed E-state index contributed by atoms with van der Waals surface area (Å²) in [5.74, 6) is 1.12. The minimum absolute atomic E-state index is 0.130. The van der Waals surface area contributed by atoms with Crippen molar-refractivity contribution in [1.29, 1.82) is 0 Å². The number of methoxy groups -OCH3 is 1. The largest absolute Gasteiger partial charge is 0.482 e. The molecule has 2 aromatic heterocycles. The second kappa shape index (κ2) is 4.19.